The summed E-state index contributed by atoms with van der Waals surface area (Å²) in [6.45, 7) is 12.9. The lowest BCUT2D eigenvalue weighted by Crippen LogP contribution is -2.00. The maximum atomic E-state index is 6.47. The van der Waals surface area contributed by atoms with Gasteiger partial charge in [-0.05, 0) is 0 Å². The van der Waals surface area contributed by atoms with Crippen molar-refractivity contribution in [2.45, 2.75) is 0 Å². The van der Waals surface area contributed by atoms with Gasteiger partial charge in [-0.15, -0.1) is 0 Å². The van der Waals surface area contributed by atoms with E-state index in [-0.39, 0.29) is 5.82 Å². The molecule has 0 aromatic heterocycles. The molecule has 3 heteroatoms. The molecule has 0 aliphatic heterocycles. The van der Waals surface area contributed by atoms with Crippen molar-refractivity contribution in [3.63, 3.8) is 0 Å². The Balaban J connectivity index is 4.18. The van der Waals surface area contributed by atoms with Crippen molar-refractivity contribution in [3.05, 3.63) is 34.9 Å². The fourth-order valence-electron chi connectivity index (χ4n) is 0.314. The number of nitrogens with zero attached hydrogens (tertiary/aromatic N) is 3. The Morgan fingerprint density at radius 2 is 1.78 bits per heavy atom. The molecule has 0 amide bonds. The van der Waals surface area contributed by atoms with E-state index in [1.54, 1.807) is 19.0 Å². The standard InChI is InChI=1S/C6H7N3/c1-7-6(8-2)5-9(3)4/h5H,3-4H3. The SMILES string of the molecule is [C-]#[N+]C(=CN(C)C)[N+]#[C-]. The first kappa shape index (κ1) is 7.52. The van der Waals surface area contributed by atoms with Crippen molar-refractivity contribution in [1.29, 1.82) is 0 Å². The highest BCUT2D eigenvalue weighted by Crippen LogP contribution is 1.96. The van der Waals surface area contributed by atoms with Gasteiger partial charge in [0.05, 0.1) is 6.20 Å². The molecule has 0 unspecified atom stereocenters. The fraction of sp³-hybridized carbons (Fsp3) is 0.333. The zero-order valence-corrected chi connectivity index (χ0v) is 5.42. The third-order valence-electron chi connectivity index (χ3n) is 0.603. The third-order valence-corrected chi connectivity index (χ3v) is 0.603. The van der Waals surface area contributed by atoms with Crippen LogP contribution in [-0.4, -0.2) is 19.0 Å². The second-order valence-electron chi connectivity index (χ2n) is 1.67. The fourth-order valence-corrected chi connectivity index (χ4v) is 0.314. The van der Waals surface area contributed by atoms with Crippen LogP contribution in [-0.2, 0) is 0 Å². The first-order valence-corrected chi connectivity index (χ1v) is 2.34. The van der Waals surface area contributed by atoms with Crippen molar-refractivity contribution in [3.8, 4) is 0 Å². The van der Waals surface area contributed by atoms with E-state index in [1.807, 2.05) is 0 Å². The molecule has 46 valence electrons. The van der Waals surface area contributed by atoms with Crippen LogP contribution in [0.3, 0.4) is 0 Å². The van der Waals surface area contributed by atoms with E-state index in [0.717, 1.165) is 0 Å². The lowest BCUT2D eigenvalue weighted by atomic mass is 10.7. The van der Waals surface area contributed by atoms with Crippen LogP contribution in [0, 0.1) is 13.1 Å². The molecule has 0 aliphatic rings. The van der Waals surface area contributed by atoms with Gasteiger partial charge in [-0.2, -0.15) is 9.69 Å². The summed E-state index contributed by atoms with van der Waals surface area (Å²) in [4.78, 5) is 7.60. The van der Waals surface area contributed by atoms with Crippen LogP contribution >= 0.6 is 0 Å². The van der Waals surface area contributed by atoms with Gasteiger partial charge in [-0.3, -0.25) is 0 Å². The van der Waals surface area contributed by atoms with Crippen molar-refractivity contribution < 1.29 is 0 Å². The predicted molar refractivity (Wildman–Crippen MR) is 35.0 cm³/mol. The molecule has 9 heavy (non-hydrogen) atoms. The molecule has 0 rings (SSSR count). The van der Waals surface area contributed by atoms with Crippen molar-refractivity contribution >= 4 is 0 Å². The molecule has 0 N–H and O–H groups in total. The highest BCUT2D eigenvalue weighted by Gasteiger charge is 1.99. The van der Waals surface area contributed by atoms with Crippen LogP contribution in [0.1, 0.15) is 0 Å². The van der Waals surface area contributed by atoms with Crippen LogP contribution in [0.25, 0.3) is 9.69 Å². The summed E-state index contributed by atoms with van der Waals surface area (Å²) >= 11 is 0. The summed E-state index contributed by atoms with van der Waals surface area (Å²) in [6.07, 6.45) is 1.49. The Hall–Kier alpha value is -1.48. The van der Waals surface area contributed by atoms with Gasteiger partial charge in [0.25, 0.3) is 0 Å². The minimum absolute atomic E-state index is 0.0972. The Morgan fingerprint density at radius 3 is 1.89 bits per heavy atom. The molecule has 0 spiro atoms. The normalized spacial score (nSPS) is 6.67. The van der Waals surface area contributed by atoms with Crippen molar-refractivity contribution in [2.24, 2.45) is 0 Å². The van der Waals surface area contributed by atoms with E-state index in [4.69, 9.17) is 13.1 Å². The van der Waals surface area contributed by atoms with Gasteiger partial charge in [0.15, 0.2) is 0 Å². The summed E-state index contributed by atoms with van der Waals surface area (Å²) in [6, 6.07) is 0. The van der Waals surface area contributed by atoms with E-state index in [2.05, 4.69) is 9.69 Å². The highest BCUT2D eigenvalue weighted by molar-refractivity contribution is 5.16. The lowest BCUT2D eigenvalue weighted by Gasteiger charge is -1.98. The second-order valence-corrected chi connectivity index (χ2v) is 1.67. The molecule has 0 aliphatic carbocycles. The summed E-state index contributed by atoms with van der Waals surface area (Å²) in [7, 11) is 3.55. The first-order valence-electron chi connectivity index (χ1n) is 2.34. The quantitative estimate of drug-likeness (QED) is 0.474. The van der Waals surface area contributed by atoms with Crippen LogP contribution in [0.4, 0.5) is 0 Å². The molecule has 3 nitrogen and oxygen atoms in total. The minimum atomic E-state index is 0.0972. The Kier molecular flexibility index (Phi) is 2.94. The molecule has 0 bridgehead atoms. The Labute approximate surface area is 54.8 Å². The monoisotopic (exact) mass is 121 g/mol. The van der Waals surface area contributed by atoms with Crippen molar-refractivity contribution in [1.82, 2.24) is 4.90 Å². The molecule has 0 aromatic rings. The topological polar surface area (TPSA) is 12.0 Å². The molecule has 0 aromatic carbocycles. The van der Waals surface area contributed by atoms with Crippen LogP contribution in [0.2, 0.25) is 0 Å². The van der Waals surface area contributed by atoms with E-state index >= 15 is 0 Å². The summed E-state index contributed by atoms with van der Waals surface area (Å²) in [5.74, 6) is 0.0972. The van der Waals surface area contributed by atoms with E-state index in [1.165, 1.54) is 6.20 Å². The molecule has 0 saturated carbocycles. The molecule has 0 heterocycles. The van der Waals surface area contributed by atoms with Crippen LogP contribution in [0.15, 0.2) is 12.0 Å². The number of rotatable bonds is 1. The molecular formula is C6H7N3. The zero-order chi connectivity index (χ0) is 7.28. The highest BCUT2D eigenvalue weighted by atomic mass is 15.1. The zero-order valence-electron chi connectivity index (χ0n) is 5.42. The van der Waals surface area contributed by atoms with Gasteiger partial charge in [0, 0.05) is 14.1 Å². The Bertz CT molecular complexity index is 173. The lowest BCUT2D eigenvalue weighted by molar-refractivity contribution is 0.561. The Morgan fingerprint density at radius 1 is 1.33 bits per heavy atom. The van der Waals surface area contributed by atoms with E-state index in [9.17, 15) is 0 Å². The predicted octanol–water partition coefficient (Wildman–Crippen LogP) is 1.19. The van der Waals surface area contributed by atoms with E-state index < -0.39 is 0 Å². The largest absolute Gasteiger partial charge is 0.535 e. The van der Waals surface area contributed by atoms with Gasteiger partial charge in [0.1, 0.15) is 13.1 Å². The number of hydrogen-bond acceptors (Lipinski definition) is 1. The van der Waals surface area contributed by atoms with Crippen LogP contribution in [0.5, 0.6) is 0 Å². The summed E-state index contributed by atoms with van der Waals surface area (Å²) in [5.41, 5.74) is 0. The average Bonchev–Trinajstić information content (AvgIpc) is 1.82. The maximum absolute atomic E-state index is 6.47. The van der Waals surface area contributed by atoms with Crippen LogP contribution < -0.4 is 0 Å². The summed E-state index contributed by atoms with van der Waals surface area (Å²) in [5, 5.41) is 0. The molecule has 0 fully saturated rings. The minimum Gasteiger partial charge on any atom is -0.387 e. The molecule has 0 saturated heterocycles. The average molecular weight is 121 g/mol. The third kappa shape index (κ3) is 3.13. The van der Waals surface area contributed by atoms with Gasteiger partial charge in [-0.25, -0.2) is 0 Å². The van der Waals surface area contributed by atoms with Crippen molar-refractivity contribution in [2.75, 3.05) is 14.1 Å². The second kappa shape index (κ2) is 3.51. The van der Waals surface area contributed by atoms with Gasteiger partial charge < -0.3 is 4.90 Å². The maximum Gasteiger partial charge on any atom is 0.535 e. The number of hydrogen-bond donors (Lipinski definition) is 0. The summed E-state index contributed by atoms with van der Waals surface area (Å²) < 4.78 is 0. The molecule has 0 atom stereocenters. The molecular weight excluding hydrogens is 114 g/mol. The molecule has 0 radical (unpaired) electrons. The first-order chi connectivity index (χ1) is 4.20. The van der Waals surface area contributed by atoms with E-state index in [0.29, 0.717) is 0 Å². The smallest absolute Gasteiger partial charge is 0.387 e. The van der Waals surface area contributed by atoms with Gasteiger partial charge in [-0.1, -0.05) is 0 Å². The van der Waals surface area contributed by atoms with Gasteiger partial charge in [0.2, 0.25) is 0 Å². The van der Waals surface area contributed by atoms with Gasteiger partial charge >= 0.3 is 5.82 Å².